The fourth-order valence-corrected chi connectivity index (χ4v) is 3.34. The molecule has 0 aliphatic carbocycles. The highest BCUT2D eigenvalue weighted by Crippen LogP contribution is 2.32. The van der Waals surface area contributed by atoms with Crippen LogP contribution in [0.15, 0.2) is 48.5 Å². The third kappa shape index (κ3) is 2.65. The van der Waals surface area contributed by atoms with Crippen LogP contribution in [-0.2, 0) is 0 Å². The van der Waals surface area contributed by atoms with Gasteiger partial charge in [0.1, 0.15) is 0 Å². The number of hydrazine groups is 1. The summed E-state index contributed by atoms with van der Waals surface area (Å²) in [6.07, 6.45) is 0. The number of carbonyl (C=O) groups excluding carboxylic acids is 2. The van der Waals surface area contributed by atoms with E-state index >= 15 is 0 Å². The molecule has 1 aliphatic rings. The molecule has 0 bridgehead atoms. The van der Waals surface area contributed by atoms with E-state index in [2.05, 4.69) is 10.9 Å². The number of thiophene rings is 1. The molecule has 2 aromatic carbocycles. The maximum atomic E-state index is 12.2. The molecular weight excluding hydrogens is 328 g/mol. The van der Waals surface area contributed by atoms with Crippen LogP contribution in [0.25, 0.3) is 10.1 Å². The SMILES string of the molecule is O=C(NNC(=O)c1cc2ccccc2s1)c1ccc2c(c1)OCO2. The van der Waals surface area contributed by atoms with E-state index < -0.39 is 5.91 Å². The average Bonchev–Trinajstić information content (AvgIpc) is 3.24. The van der Waals surface area contributed by atoms with Crippen molar-refractivity contribution < 1.29 is 19.1 Å². The van der Waals surface area contributed by atoms with Crippen LogP contribution in [-0.4, -0.2) is 18.6 Å². The van der Waals surface area contributed by atoms with Crippen LogP contribution in [0.1, 0.15) is 20.0 Å². The van der Waals surface area contributed by atoms with Gasteiger partial charge < -0.3 is 9.47 Å². The molecule has 0 radical (unpaired) electrons. The number of hydrogen-bond donors (Lipinski definition) is 2. The highest BCUT2D eigenvalue weighted by Gasteiger charge is 2.17. The smallest absolute Gasteiger partial charge is 0.279 e. The molecule has 0 unspecified atom stereocenters. The Kier molecular flexibility index (Phi) is 3.55. The van der Waals surface area contributed by atoms with Gasteiger partial charge in [0.15, 0.2) is 11.5 Å². The summed E-state index contributed by atoms with van der Waals surface area (Å²) in [5, 5.41) is 0.995. The van der Waals surface area contributed by atoms with Gasteiger partial charge in [-0.05, 0) is 35.7 Å². The van der Waals surface area contributed by atoms with Gasteiger partial charge in [0, 0.05) is 10.3 Å². The molecule has 0 saturated heterocycles. The van der Waals surface area contributed by atoms with Gasteiger partial charge in [-0.15, -0.1) is 11.3 Å². The summed E-state index contributed by atoms with van der Waals surface area (Å²) in [7, 11) is 0. The van der Waals surface area contributed by atoms with Crippen molar-refractivity contribution in [1.82, 2.24) is 10.9 Å². The van der Waals surface area contributed by atoms with E-state index in [0.29, 0.717) is 21.9 Å². The van der Waals surface area contributed by atoms with E-state index in [4.69, 9.17) is 9.47 Å². The van der Waals surface area contributed by atoms with Crippen molar-refractivity contribution in [3.63, 3.8) is 0 Å². The minimum atomic E-state index is -0.428. The van der Waals surface area contributed by atoms with E-state index in [1.54, 1.807) is 24.3 Å². The minimum Gasteiger partial charge on any atom is -0.454 e. The summed E-state index contributed by atoms with van der Waals surface area (Å²) in [4.78, 5) is 24.8. The fraction of sp³-hybridized carbons (Fsp3) is 0.0588. The molecule has 6 nitrogen and oxygen atoms in total. The first-order valence-corrected chi connectivity index (χ1v) is 8.01. The number of ether oxygens (including phenoxy) is 2. The largest absolute Gasteiger partial charge is 0.454 e. The van der Waals surface area contributed by atoms with E-state index in [9.17, 15) is 9.59 Å². The summed E-state index contributed by atoms with van der Waals surface area (Å²) >= 11 is 1.37. The molecule has 0 spiro atoms. The standard InChI is InChI=1S/C17H12N2O4S/c20-16(11-5-6-12-13(7-11)23-9-22-12)18-19-17(21)15-8-10-3-1-2-4-14(10)24-15/h1-8H,9H2,(H,18,20)(H,19,21). The summed E-state index contributed by atoms with van der Waals surface area (Å²) in [5.74, 6) is 0.326. The number of fused-ring (bicyclic) bond motifs is 2. The summed E-state index contributed by atoms with van der Waals surface area (Å²) < 4.78 is 11.4. The van der Waals surface area contributed by atoms with Crippen molar-refractivity contribution in [2.24, 2.45) is 0 Å². The van der Waals surface area contributed by atoms with Crippen molar-refractivity contribution in [1.29, 1.82) is 0 Å². The van der Waals surface area contributed by atoms with Crippen molar-refractivity contribution >= 4 is 33.2 Å². The Morgan fingerprint density at radius 3 is 2.58 bits per heavy atom. The topological polar surface area (TPSA) is 76.7 Å². The van der Waals surface area contributed by atoms with E-state index in [0.717, 1.165) is 10.1 Å². The molecule has 120 valence electrons. The Morgan fingerprint density at radius 2 is 1.71 bits per heavy atom. The highest BCUT2D eigenvalue weighted by molar-refractivity contribution is 7.20. The predicted molar refractivity (Wildman–Crippen MR) is 89.3 cm³/mol. The molecule has 7 heteroatoms. The summed E-state index contributed by atoms with van der Waals surface area (Å²) in [6.45, 7) is 0.142. The molecule has 1 aliphatic heterocycles. The molecule has 0 atom stereocenters. The average molecular weight is 340 g/mol. The minimum absolute atomic E-state index is 0.142. The number of rotatable bonds is 2. The van der Waals surface area contributed by atoms with Crippen LogP contribution in [0.3, 0.4) is 0 Å². The lowest BCUT2D eigenvalue weighted by molar-refractivity contribution is 0.0849. The fourth-order valence-electron chi connectivity index (χ4n) is 2.38. The Morgan fingerprint density at radius 1 is 0.917 bits per heavy atom. The van der Waals surface area contributed by atoms with Crippen LogP contribution in [0.5, 0.6) is 11.5 Å². The Balaban J connectivity index is 1.44. The molecule has 24 heavy (non-hydrogen) atoms. The van der Waals surface area contributed by atoms with Gasteiger partial charge >= 0.3 is 0 Å². The molecule has 1 aromatic heterocycles. The van der Waals surface area contributed by atoms with Crippen molar-refractivity contribution in [3.05, 3.63) is 59.0 Å². The molecule has 2 amide bonds. The normalized spacial score (nSPS) is 12.2. The molecular formula is C17H12N2O4S. The zero-order valence-electron chi connectivity index (χ0n) is 12.4. The van der Waals surface area contributed by atoms with Crippen LogP contribution < -0.4 is 20.3 Å². The van der Waals surface area contributed by atoms with E-state index in [1.165, 1.54) is 11.3 Å². The highest BCUT2D eigenvalue weighted by atomic mass is 32.1. The lowest BCUT2D eigenvalue weighted by Crippen LogP contribution is -2.41. The second-order valence-corrected chi connectivity index (χ2v) is 6.21. The van der Waals surface area contributed by atoms with Crippen molar-refractivity contribution in [3.8, 4) is 11.5 Å². The number of hydrogen-bond acceptors (Lipinski definition) is 5. The summed E-state index contributed by atoms with van der Waals surface area (Å²) in [5.41, 5.74) is 5.20. The third-order valence-corrected chi connectivity index (χ3v) is 4.69. The zero-order valence-corrected chi connectivity index (χ0v) is 13.2. The molecule has 2 heterocycles. The van der Waals surface area contributed by atoms with Crippen molar-refractivity contribution in [2.75, 3.05) is 6.79 Å². The first kappa shape index (κ1) is 14.5. The van der Waals surface area contributed by atoms with Gasteiger partial charge in [-0.25, -0.2) is 0 Å². The van der Waals surface area contributed by atoms with Gasteiger partial charge in [0.05, 0.1) is 4.88 Å². The number of amides is 2. The van der Waals surface area contributed by atoms with Gasteiger partial charge in [-0.2, -0.15) is 0 Å². The molecule has 3 aromatic rings. The van der Waals surface area contributed by atoms with Crippen molar-refractivity contribution in [2.45, 2.75) is 0 Å². The third-order valence-electron chi connectivity index (χ3n) is 3.57. The molecule has 0 saturated carbocycles. The second kappa shape index (κ2) is 5.86. The van der Waals surface area contributed by atoms with E-state index in [-0.39, 0.29) is 12.7 Å². The molecule has 0 fully saturated rings. The monoisotopic (exact) mass is 340 g/mol. The molecule has 4 rings (SSSR count). The summed E-state index contributed by atoms with van der Waals surface area (Å²) in [6, 6.07) is 14.3. The first-order valence-electron chi connectivity index (χ1n) is 7.19. The number of benzene rings is 2. The quantitative estimate of drug-likeness (QED) is 0.703. The van der Waals surface area contributed by atoms with Gasteiger partial charge in [-0.1, -0.05) is 18.2 Å². The van der Waals surface area contributed by atoms with Crippen LogP contribution in [0.4, 0.5) is 0 Å². The Labute approximate surface area is 141 Å². The maximum absolute atomic E-state index is 12.2. The van der Waals surface area contributed by atoms with Crippen LogP contribution in [0.2, 0.25) is 0 Å². The van der Waals surface area contributed by atoms with Gasteiger partial charge in [-0.3, -0.25) is 20.4 Å². The van der Waals surface area contributed by atoms with Crippen LogP contribution in [0, 0.1) is 0 Å². The van der Waals surface area contributed by atoms with Gasteiger partial charge in [0.25, 0.3) is 11.8 Å². The Bertz CT molecular complexity index is 918. The first-order chi connectivity index (χ1) is 11.7. The number of carbonyl (C=O) groups is 2. The predicted octanol–water partition coefficient (Wildman–Crippen LogP) is 2.70. The van der Waals surface area contributed by atoms with Crippen LogP contribution >= 0.6 is 11.3 Å². The number of nitrogens with one attached hydrogen (secondary N) is 2. The maximum Gasteiger partial charge on any atom is 0.279 e. The zero-order chi connectivity index (χ0) is 16.5. The lowest BCUT2D eigenvalue weighted by atomic mass is 10.2. The molecule has 2 N–H and O–H groups in total. The van der Waals surface area contributed by atoms with E-state index in [1.807, 2.05) is 24.3 Å². The lowest BCUT2D eigenvalue weighted by Gasteiger charge is -2.06. The van der Waals surface area contributed by atoms with Gasteiger partial charge in [0.2, 0.25) is 6.79 Å². The second-order valence-electron chi connectivity index (χ2n) is 5.12. The Hall–Kier alpha value is -3.06.